The van der Waals surface area contributed by atoms with E-state index in [1.165, 1.54) is 7.11 Å². The van der Waals surface area contributed by atoms with Gasteiger partial charge in [-0.05, 0) is 24.3 Å². The van der Waals surface area contributed by atoms with Gasteiger partial charge in [0.25, 0.3) is 0 Å². The van der Waals surface area contributed by atoms with Crippen LogP contribution in [0.1, 0.15) is 22.2 Å². The van der Waals surface area contributed by atoms with Gasteiger partial charge in [-0.1, -0.05) is 21.1 Å². The second-order valence-electron chi connectivity index (χ2n) is 6.67. The molecule has 3 aromatic rings. The van der Waals surface area contributed by atoms with E-state index < -0.39 is 5.97 Å². The molecular weight excluding hydrogens is 426 g/mol. The summed E-state index contributed by atoms with van der Waals surface area (Å²) in [5.41, 5.74) is 2.07. The van der Waals surface area contributed by atoms with Crippen molar-refractivity contribution < 1.29 is 14.1 Å². The average molecular weight is 446 g/mol. The normalized spacial score (nSPS) is 15.2. The Morgan fingerprint density at radius 2 is 2.00 bits per heavy atom. The number of carbonyl (C=O) groups excluding carboxylic acids is 1. The van der Waals surface area contributed by atoms with Crippen molar-refractivity contribution in [1.82, 2.24) is 20.0 Å². The molecule has 4 rings (SSSR count). The van der Waals surface area contributed by atoms with Crippen LogP contribution in [0.15, 0.2) is 33.3 Å². The van der Waals surface area contributed by atoms with Crippen LogP contribution in [0.3, 0.4) is 0 Å². The first kappa shape index (κ1) is 18.8. The lowest BCUT2D eigenvalue weighted by Gasteiger charge is -2.36. The van der Waals surface area contributed by atoms with Gasteiger partial charge in [0, 0.05) is 48.6 Å². The number of fused-ring (bicyclic) bond motifs is 1. The van der Waals surface area contributed by atoms with E-state index in [9.17, 15) is 4.79 Å². The van der Waals surface area contributed by atoms with Gasteiger partial charge in [-0.25, -0.2) is 9.78 Å². The number of aromatic nitrogens is 3. The SMILES string of the molecule is COC(=O)c1cc(N2CCN(Cc3noc(C)n3)CC2)c2cc(Br)ccc2n1. The number of hydrogen-bond donors (Lipinski definition) is 0. The van der Waals surface area contributed by atoms with Gasteiger partial charge in [0.05, 0.1) is 19.2 Å². The van der Waals surface area contributed by atoms with Crippen molar-refractivity contribution in [2.24, 2.45) is 0 Å². The molecule has 0 spiro atoms. The highest BCUT2D eigenvalue weighted by atomic mass is 79.9. The van der Waals surface area contributed by atoms with Crippen molar-refractivity contribution in [3.63, 3.8) is 0 Å². The number of piperazine rings is 1. The molecule has 1 aliphatic rings. The van der Waals surface area contributed by atoms with Gasteiger partial charge >= 0.3 is 5.97 Å². The monoisotopic (exact) mass is 445 g/mol. The van der Waals surface area contributed by atoms with Crippen molar-refractivity contribution in [1.29, 1.82) is 0 Å². The Bertz CT molecular complexity index is 1010. The maximum atomic E-state index is 12.1. The lowest BCUT2D eigenvalue weighted by Crippen LogP contribution is -2.46. The molecule has 146 valence electrons. The van der Waals surface area contributed by atoms with Gasteiger partial charge in [0.2, 0.25) is 5.89 Å². The molecule has 1 aromatic carbocycles. The fourth-order valence-electron chi connectivity index (χ4n) is 3.40. The second-order valence-corrected chi connectivity index (χ2v) is 7.59. The summed E-state index contributed by atoms with van der Waals surface area (Å²) in [5, 5.41) is 4.98. The van der Waals surface area contributed by atoms with E-state index >= 15 is 0 Å². The van der Waals surface area contributed by atoms with Crippen molar-refractivity contribution in [2.45, 2.75) is 13.5 Å². The van der Waals surface area contributed by atoms with Crippen LogP contribution in [0.5, 0.6) is 0 Å². The molecule has 9 heteroatoms. The second kappa shape index (κ2) is 7.84. The molecule has 0 saturated carbocycles. The first-order valence-electron chi connectivity index (χ1n) is 8.98. The van der Waals surface area contributed by atoms with E-state index in [-0.39, 0.29) is 0 Å². The number of pyridine rings is 1. The third-order valence-electron chi connectivity index (χ3n) is 4.79. The molecule has 8 nitrogen and oxygen atoms in total. The number of rotatable bonds is 4. The Kier molecular flexibility index (Phi) is 5.27. The summed E-state index contributed by atoms with van der Waals surface area (Å²) in [4.78, 5) is 25.4. The fourth-order valence-corrected chi connectivity index (χ4v) is 3.76. The summed E-state index contributed by atoms with van der Waals surface area (Å²) in [5.74, 6) is 0.854. The number of aryl methyl sites for hydroxylation is 1. The van der Waals surface area contributed by atoms with Crippen LogP contribution in [-0.2, 0) is 11.3 Å². The third kappa shape index (κ3) is 3.85. The summed E-state index contributed by atoms with van der Waals surface area (Å²) >= 11 is 3.53. The molecule has 0 radical (unpaired) electrons. The highest BCUT2D eigenvalue weighted by Crippen LogP contribution is 2.30. The van der Waals surface area contributed by atoms with Crippen molar-refractivity contribution >= 4 is 38.5 Å². The minimum atomic E-state index is -0.433. The first-order chi connectivity index (χ1) is 13.5. The van der Waals surface area contributed by atoms with Gasteiger partial charge in [0.1, 0.15) is 0 Å². The summed E-state index contributed by atoms with van der Waals surface area (Å²) < 4.78 is 10.9. The Morgan fingerprint density at radius 3 is 2.68 bits per heavy atom. The van der Waals surface area contributed by atoms with Crippen LogP contribution in [0.4, 0.5) is 5.69 Å². The number of hydrogen-bond acceptors (Lipinski definition) is 8. The van der Waals surface area contributed by atoms with Crippen molar-refractivity contribution in [3.8, 4) is 0 Å². The molecule has 0 bridgehead atoms. The summed E-state index contributed by atoms with van der Waals surface area (Å²) in [6.07, 6.45) is 0. The molecule has 1 saturated heterocycles. The number of esters is 1. The quantitative estimate of drug-likeness (QED) is 0.566. The van der Waals surface area contributed by atoms with E-state index in [2.05, 4.69) is 40.9 Å². The van der Waals surface area contributed by atoms with Crippen LogP contribution < -0.4 is 4.90 Å². The van der Waals surface area contributed by atoms with Gasteiger partial charge < -0.3 is 14.2 Å². The standard InChI is InChI=1S/C19H20BrN5O3/c1-12-21-18(23-28-12)11-24-5-7-25(8-6-24)17-10-16(19(26)27-2)22-15-4-3-13(20)9-14(15)17/h3-4,9-10H,5-8,11H2,1-2H3. The smallest absolute Gasteiger partial charge is 0.356 e. The lowest BCUT2D eigenvalue weighted by molar-refractivity contribution is 0.0594. The van der Waals surface area contributed by atoms with Crippen LogP contribution in [-0.4, -0.2) is 59.3 Å². The third-order valence-corrected chi connectivity index (χ3v) is 5.28. The largest absolute Gasteiger partial charge is 0.464 e. The molecule has 0 aliphatic carbocycles. The molecule has 0 atom stereocenters. The average Bonchev–Trinajstić information content (AvgIpc) is 3.12. The number of methoxy groups -OCH3 is 1. The maximum absolute atomic E-state index is 12.1. The van der Waals surface area contributed by atoms with Gasteiger partial charge in [0.15, 0.2) is 11.5 Å². The molecule has 28 heavy (non-hydrogen) atoms. The van der Waals surface area contributed by atoms with Crippen LogP contribution >= 0.6 is 15.9 Å². The molecule has 0 N–H and O–H groups in total. The lowest BCUT2D eigenvalue weighted by atomic mass is 10.1. The predicted octanol–water partition coefficient (Wildman–Crippen LogP) is 2.80. The van der Waals surface area contributed by atoms with Crippen LogP contribution in [0, 0.1) is 6.92 Å². The van der Waals surface area contributed by atoms with E-state index in [1.807, 2.05) is 24.3 Å². The van der Waals surface area contributed by atoms with E-state index in [4.69, 9.17) is 9.26 Å². The zero-order chi connectivity index (χ0) is 19.7. The molecule has 0 unspecified atom stereocenters. The number of carbonyl (C=O) groups is 1. The summed E-state index contributed by atoms with van der Waals surface area (Å²) in [6, 6.07) is 7.68. The minimum absolute atomic E-state index is 0.317. The predicted molar refractivity (Wildman–Crippen MR) is 107 cm³/mol. The van der Waals surface area contributed by atoms with Gasteiger partial charge in [-0.2, -0.15) is 4.98 Å². The number of anilines is 1. The fraction of sp³-hybridized carbons (Fsp3) is 0.368. The molecule has 2 aromatic heterocycles. The highest BCUT2D eigenvalue weighted by molar-refractivity contribution is 9.10. The number of halogens is 1. The molecular formula is C19H20BrN5O3. The molecule has 1 aliphatic heterocycles. The Labute approximate surface area is 170 Å². The van der Waals surface area contributed by atoms with Crippen LogP contribution in [0.2, 0.25) is 0 Å². The highest BCUT2D eigenvalue weighted by Gasteiger charge is 2.22. The zero-order valence-electron chi connectivity index (χ0n) is 15.7. The number of ether oxygens (including phenoxy) is 1. The van der Waals surface area contributed by atoms with E-state index in [0.717, 1.165) is 47.2 Å². The zero-order valence-corrected chi connectivity index (χ0v) is 17.3. The maximum Gasteiger partial charge on any atom is 0.356 e. The Morgan fingerprint density at radius 1 is 1.21 bits per heavy atom. The number of nitrogens with zero attached hydrogens (tertiary/aromatic N) is 5. The van der Waals surface area contributed by atoms with E-state index in [1.54, 1.807) is 6.92 Å². The topological polar surface area (TPSA) is 84.6 Å². The van der Waals surface area contributed by atoms with E-state index in [0.29, 0.717) is 24.0 Å². The molecule has 1 fully saturated rings. The van der Waals surface area contributed by atoms with Crippen molar-refractivity contribution in [2.75, 3.05) is 38.2 Å². The van der Waals surface area contributed by atoms with Gasteiger partial charge in [-0.3, -0.25) is 4.90 Å². The first-order valence-corrected chi connectivity index (χ1v) is 9.78. The molecule has 3 heterocycles. The molecule has 0 amide bonds. The Balaban J connectivity index is 1.58. The summed E-state index contributed by atoms with van der Waals surface area (Å²) in [7, 11) is 1.37. The van der Waals surface area contributed by atoms with Crippen molar-refractivity contribution in [3.05, 3.63) is 46.1 Å². The summed E-state index contributed by atoms with van der Waals surface area (Å²) in [6.45, 7) is 5.82. The van der Waals surface area contributed by atoms with Crippen LogP contribution in [0.25, 0.3) is 10.9 Å². The number of benzene rings is 1. The minimum Gasteiger partial charge on any atom is -0.464 e. The Hall–Kier alpha value is -2.52. The van der Waals surface area contributed by atoms with Gasteiger partial charge in [-0.15, -0.1) is 0 Å².